The van der Waals surface area contributed by atoms with Crippen LogP contribution in [0, 0.1) is 0 Å². The topological polar surface area (TPSA) is 69.5 Å². The number of anilines is 2. The van der Waals surface area contributed by atoms with Crippen molar-refractivity contribution in [1.29, 1.82) is 0 Å². The van der Waals surface area contributed by atoms with Crippen LogP contribution >= 0.6 is 11.3 Å². The second-order valence-corrected chi connectivity index (χ2v) is 6.64. The highest BCUT2D eigenvalue weighted by atomic mass is 32.1. The molecule has 0 amide bonds. The fourth-order valence-electron chi connectivity index (χ4n) is 2.91. The number of pyridine rings is 1. The molecule has 5 nitrogen and oxygen atoms in total. The predicted octanol–water partition coefficient (Wildman–Crippen LogP) is 4.45. The molecule has 2 aromatic heterocycles. The van der Waals surface area contributed by atoms with Crippen LogP contribution < -0.4 is 4.90 Å². The van der Waals surface area contributed by atoms with Gasteiger partial charge in [-0.2, -0.15) is 13.2 Å². The van der Waals surface area contributed by atoms with Gasteiger partial charge in [-0.1, -0.05) is 18.2 Å². The van der Waals surface area contributed by atoms with E-state index in [0.29, 0.717) is 10.7 Å². The van der Waals surface area contributed by atoms with Gasteiger partial charge in [0.1, 0.15) is 22.3 Å². The number of aliphatic hydroxyl groups is 2. The number of para-hydroxylation sites is 1. The molecule has 0 aliphatic carbocycles. The highest BCUT2D eigenvalue weighted by Crippen LogP contribution is 2.44. The highest BCUT2D eigenvalue weighted by molar-refractivity contribution is 7.10. The molecule has 0 bridgehead atoms. The fraction of sp³-hybridized carbons (Fsp3) is 0.111. The van der Waals surface area contributed by atoms with Gasteiger partial charge < -0.3 is 10.2 Å². The van der Waals surface area contributed by atoms with Crippen molar-refractivity contribution in [2.45, 2.75) is 12.4 Å². The number of rotatable bonds is 2. The largest absolute Gasteiger partial charge is 0.507 e. The van der Waals surface area contributed by atoms with Crippen LogP contribution in [-0.4, -0.2) is 26.4 Å². The standard InChI is InChI=1S/C18H12F3N3O2S/c19-18(20,21)12-7-6-11-14(25)13(16-22-8-9-27-16)17(26)24(15(11)23-12)10-4-2-1-3-5-10/h1-9,17,25-26H. The van der Waals surface area contributed by atoms with Gasteiger partial charge in [-0.15, -0.1) is 11.3 Å². The van der Waals surface area contributed by atoms with Gasteiger partial charge in [0.15, 0.2) is 6.23 Å². The second kappa shape index (κ2) is 6.36. The normalized spacial score (nSPS) is 17.2. The number of aliphatic hydroxyl groups excluding tert-OH is 2. The highest BCUT2D eigenvalue weighted by Gasteiger charge is 2.39. The van der Waals surface area contributed by atoms with Gasteiger partial charge in [0.25, 0.3) is 0 Å². The average Bonchev–Trinajstić information content (AvgIpc) is 3.16. The zero-order valence-electron chi connectivity index (χ0n) is 13.6. The summed E-state index contributed by atoms with van der Waals surface area (Å²) >= 11 is 1.20. The van der Waals surface area contributed by atoms with E-state index in [1.54, 1.807) is 35.7 Å². The lowest BCUT2D eigenvalue weighted by Crippen LogP contribution is -2.37. The quantitative estimate of drug-likeness (QED) is 0.675. The molecule has 1 aliphatic heterocycles. The molecule has 3 aromatic rings. The molecule has 1 unspecified atom stereocenters. The number of aromatic nitrogens is 2. The van der Waals surface area contributed by atoms with E-state index >= 15 is 0 Å². The van der Waals surface area contributed by atoms with Crippen molar-refractivity contribution in [2.75, 3.05) is 4.90 Å². The zero-order chi connectivity index (χ0) is 19.2. The van der Waals surface area contributed by atoms with Crippen LogP contribution in [0.4, 0.5) is 24.7 Å². The molecular weight excluding hydrogens is 379 g/mol. The summed E-state index contributed by atoms with van der Waals surface area (Å²) in [6.07, 6.45) is -4.60. The fourth-order valence-corrected chi connectivity index (χ4v) is 3.61. The summed E-state index contributed by atoms with van der Waals surface area (Å²) in [5.41, 5.74) is -0.482. The number of halogens is 3. The third kappa shape index (κ3) is 2.94. The van der Waals surface area contributed by atoms with Crippen molar-refractivity contribution < 1.29 is 23.4 Å². The van der Waals surface area contributed by atoms with E-state index in [2.05, 4.69) is 9.97 Å². The van der Waals surface area contributed by atoms with Crippen LogP contribution in [-0.2, 0) is 6.18 Å². The number of alkyl halides is 3. The van der Waals surface area contributed by atoms with E-state index in [-0.39, 0.29) is 22.7 Å². The summed E-state index contributed by atoms with van der Waals surface area (Å²) < 4.78 is 39.5. The summed E-state index contributed by atoms with van der Waals surface area (Å²) in [5.74, 6) is -0.526. The van der Waals surface area contributed by atoms with Crippen LogP contribution in [0.5, 0.6) is 0 Å². The maximum Gasteiger partial charge on any atom is 0.433 e. The monoisotopic (exact) mass is 391 g/mol. The SMILES string of the molecule is OC1=C(c2nccs2)C(O)N(c2ccccc2)c2nc(C(F)(F)F)ccc21. The Labute approximate surface area is 155 Å². The number of hydrogen-bond donors (Lipinski definition) is 2. The molecule has 3 heterocycles. The van der Waals surface area contributed by atoms with Crippen LogP contribution in [0.1, 0.15) is 16.3 Å². The maximum absolute atomic E-state index is 13.2. The molecule has 1 atom stereocenters. The van der Waals surface area contributed by atoms with Crippen LogP contribution in [0.25, 0.3) is 11.3 Å². The number of hydrogen-bond acceptors (Lipinski definition) is 6. The van der Waals surface area contributed by atoms with Gasteiger partial charge in [-0.05, 0) is 24.3 Å². The molecule has 0 saturated heterocycles. The maximum atomic E-state index is 13.2. The van der Waals surface area contributed by atoms with Crippen LogP contribution in [0.2, 0.25) is 0 Å². The minimum atomic E-state index is -4.66. The van der Waals surface area contributed by atoms with E-state index in [9.17, 15) is 23.4 Å². The van der Waals surface area contributed by atoms with Crippen molar-refractivity contribution in [3.63, 3.8) is 0 Å². The predicted molar refractivity (Wildman–Crippen MR) is 95.4 cm³/mol. The van der Waals surface area contributed by atoms with E-state index in [1.807, 2.05) is 0 Å². The Hall–Kier alpha value is -2.91. The summed E-state index contributed by atoms with van der Waals surface area (Å²) in [4.78, 5) is 9.05. The Morgan fingerprint density at radius 1 is 1.07 bits per heavy atom. The first kappa shape index (κ1) is 17.5. The lowest BCUT2D eigenvalue weighted by atomic mass is 10.0. The molecule has 0 spiro atoms. The molecule has 0 saturated carbocycles. The van der Waals surface area contributed by atoms with Gasteiger partial charge in [-0.3, -0.25) is 4.90 Å². The van der Waals surface area contributed by atoms with E-state index < -0.39 is 18.1 Å². The second-order valence-electron chi connectivity index (χ2n) is 5.74. The molecule has 2 N–H and O–H groups in total. The van der Waals surface area contributed by atoms with Gasteiger partial charge >= 0.3 is 6.18 Å². The summed E-state index contributed by atoms with van der Waals surface area (Å²) in [5, 5.41) is 23.6. The Morgan fingerprint density at radius 2 is 1.81 bits per heavy atom. The number of thiazole rings is 1. The number of nitrogens with zero attached hydrogens (tertiary/aromatic N) is 3. The van der Waals surface area contributed by atoms with E-state index in [4.69, 9.17) is 0 Å². The van der Waals surface area contributed by atoms with Crippen LogP contribution in [0.15, 0.2) is 54.0 Å². The van der Waals surface area contributed by atoms with Gasteiger partial charge in [0, 0.05) is 17.3 Å². The lowest BCUT2D eigenvalue weighted by Gasteiger charge is -2.35. The molecule has 0 radical (unpaired) electrons. The minimum absolute atomic E-state index is 0.0855. The summed E-state index contributed by atoms with van der Waals surface area (Å²) in [6, 6.07) is 10.3. The van der Waals surface area contributed by atoms with Crippen LogP contribution in [0.3, 0.4) is 0 Å². The Kier molecular flexibility index (Phi) is 4.12. The van der Waals surface area contributed by atoms with Gasteiger partial charge in [0.2, 0.25) is 0 Å². The third-order valence-corrected chi connectivity index (χ3v) is 4.91. The minimum Gasteiger partial charge on any atom is -0.507 e. The molecule has 138 valence electrons. The summed E-state index contributed by atoms with van der Waals surface area (Å²) in [6.45, 7) is 0. The lowest BCUT2D eigenvalue weighted by molar-refractivity contribution is -0.141. The van der Waals surface area contributed by atoms with Crippen molar-refractivity contribution in [1.82, 2.24) is 9.97 Å². The zero-order valence-corrected chi connectivity index (χ0v) is 14.4. The Morgan fingerprint density at radius 3 is 2.44 bits per heavy atom. The molecule has 9 heteroatoms. The number of fused-ring (bicyclic) bond motifs is 1. The Bertz CT molecular complexity index is 1000. The molecule has 0 fully saturated rings. The molecule has 27 heavy (non-hydrogen) atoms. The van der Waals surface area contributed by atoms with Crippen molar-refractivity contribution in [2.24, 2.45) is 0 Å². The van der Waals surface area contributed by atoms with Crippen molar-refractivity contribution >= 4 is 34.2 Å². The van der Waals surface area contributed by atoms with E-state index in [0.717, 1.165) is 12.1 Å². The average molecular weight is 391 g/mol. The Balaban J connectivity index is 1.98. The van der Waals surface area contributed by atoms with E-state index in [1.165, 1.54) is 22.4 Å². The van der Waals surface area contributed by atoms with Crippen molar-refractivity contribution in [3.05, 3.63) is 70.3 Å². The first-order chi connectivity index (χ1) is 12.9. The third-order valence-electron chi connectivity index (χ3n) is 4.10. The molecule has 4 rings (SSSR count). The van der Waals surface area contributed by atoms with Gasteiger partial charge in [0.05, 0.1) is 11.1 Å². The first-order valence-corrected chi connectivity index (χ1v) is 8.70. The molecule has 1 aliphatic rings. The molecular formula is C18H12F3N3O2S. The number of benzene rings is 1. The summed E-state index contributed by atoms with van der Waals surface area (Å²) in [7, 11) is 0. The first-order valence-electron chi connectivity index (χ1n) is 7.82. The smallest absolute Gasteiger partial charge is 0.433 e. The van der Waals surface area contributed by atoms with Gasteiger partial charge in [-0.25, -0.2) is 9.97 Å². The molecule has 1 aromatic carbocycles. The van der Waals surface area contributed by atoms with Crippen molar-refractivity contribution in [3.8, 4) is 0 Å².